The minimum Gasteiger partial charge on any atom is -0.383 e. The average Bonchev–Trinajstić information content (AvgIpc) is 2.96. The predicted octanol–water partition coefficient (Wildman–Crippen LogP) is 1.29. The Hall–Kier alpha value is -2.90. The fourth-order valence-corrected chi connectivity index (χ4v) is 1.78. The van der Waals surface area contributed by atoms with Gasteiger partial charge >= 0.3 is 5.69 Å². The van der Waals surface area contributed by atoms with Gasteiger partial charge in [-0.3, -0.25) is 14.9 Å². The van der Waals surface area contributed by atoms with Crippen molar-refractivity contribution in [3.8, 4) is 0 Å². The molecule has 0 unspecified atom stereocenters. The number of aromatic amines is 1. The van der Waals surface area contributed by atoms with Crippen molar-refractivity contribution in [3.63, 3.8) is 0 Å². The second-order valence-electron chi connectivity index (χ2n) is 3.93. The molecule has 1 aromatic heterocycles. The zero-order chi connectivity index (χ0) is 14.5. The number of nitro benzene ring substituents is 1. The minimum absolute atomic E-state index is 0.00778. The summed E-state index contributed by atoms with van der Waals surface area (Å²) in [6.07, 6.45) is 3.19. The third-order valence-electron chi connectivity index (χ3n) is 2.70. The number of H-pyrrole nitrogens is 1. The second kappa shape index (κ2) is 5.83. The van der Waals surface area contributed by atoms with E-state index in [2.05, 4.69) is 20.6 Å². The molecule has 0 spiro atoms. The van der Waals surface area contributed by atoms with Gasteiger partial charge in [0.2, 0.25) is 0 Å². The number of amides is 1. The highest BCUT2D eigenvalue weighted by Crippen LogP contribution is 2.28. The molecule has 8 heteroatoms. The van der Waals surface area contributed by atoms with Crippen molar-refractivity contribution >= 4 is 17.3 Å². The summed E-state index contributed by atoms with van der Waals surface area (Å²) in [6, 6.07) is 4.54. The van der Waals surface area contributed by atoms with Crippen molar-refractivity contribution in [2.75, 3.05) is 12.4 Å². The number of imidazole rings is 1. The van der Waals surface area contributed by atoms with Crippen LogP contribution in [-0.4, -0.2) is 27.8 Å². The Kier molecular flexibility index (Phi) is 3.94. The molecule has 104 valence electrons. The Balaban J connectivity index is 2.23. The quantitative estimate of drug-likeness (QED) is 0.562. The maximum atomic E-state index is 12.0. The molecule has 2 aromatic rings. The van der Waals surface area contributed by atoms with Crippen LogP contribution in [-0.2, 0) is 6.54 Å². The van der Waals surface area contributed by atoms with Gasteiger partial charge < -0.3 is 15.6 Å². The minimum atomic E-state index is -0.576. The number of hydrogen-bond donors (Lipinski definition) is 3. The van der Waals surface area contributed by atoms with Crippen molar-refractivity contribution in [2.45, 2.75) is 6.54 Å². The van der Waals surface area contributed by atoms with E-state index in [1.165, 1.54) is 6.07 Å². The van der Waals surface area contributed by atoms with Gasteiger partial charge in [0.05, 0.1) is 11.5 Å². The van der Waals surface area contributed by atoms with E-state index >= 15 is 0 Å². The normalized spacial score (nSPS) is 10.1. The monoisotopic (exact) mass is 275 g/mol. The molecule has 0 bridgehead atoms. The van der Waals surface area contributed by atoms with E-state index in [0.717, 1.165) is 0 Å². The number of anilines is 1. The van der Waals surface area contributed by atoms with E-state index in [1.54, 1.807) is 31.6 Å². The first-order chi connectivity index (χ1) is 9.63. The number of carbonyl (C=O) groups is 1. The van der Waals surface area contributed by atoms with E-state index in [-0.39, 0.29) is 17.8 Å². The first-order valence-electron chi connectivity index (χ1n) is 5.85. The summed E-state index contributed by atoms with van der Waals surface area (Å²) in [5.74, 6) is 0.0518. The summed E-state index contributed by atoms with van der Waals surface area (Å²) in [4.78, 5) is 29.4. The molecule has 0 aliphatic carbocycles. The molecule has 0 aliphatic rings. The van der Waals surface area contributed by atoms with Crippen LogP contribution in [0, 0.1) is 10.1 Å². The number of carbonyl (C=O) groups excluding carboxylic acids is 1. The summed E-state index contributed by atoms with van der Waals surface area (Å²) >= 11 is 0. The van der Waals surface area contributed by atoms with Gasteiger partial charge in [-0.1, -0.05) is 6.07 Å². The molecule has 8 nitrogen and oxygen atoms in total. The van der Waals surface area contributed by atoms with Crippen molar-refractivity contribution in [1.29, 1.82) is 0 Å². The van der Waals surface area contributed by atoms with Crippen molar-refractivity contribution < 1.29 is 9.72 Å². The molecule has 2 rings (SSSR count). The number of nitro groups is 1. The molecule has 0 atom stereocenters. The number of para-hydroxylation sites is 1. The average molecular weight is 275 g/mol. The standard InChI is InChI=1S/C12H13N5O3/c1-13-9-4-2-3-8(11(9)17(19)20)12(18)16-7-10-14-5-6-15-10/h2-6,13H,7H2,1H3,(H,14,15)(H,16,18). The van der Waals surface area contributed by atoms with E-state index in [4.69, 9.17) is 0 Å². The van der Waals surface area contributed by atoms with Crippen molar-refractivity contribution in [3.05, 3.63) is 52.1 Å². The first kappa shape index (κ1) is 13.5. The summed E-state index contributed by atoms with van der Waals surface area (Å²) in [5.41, 5.74) is 0.0565. The Morgan fingerprint density at radius 3 is 2.90 bits per heavy atom. The van der Waals surface area contributed by atoms with E-state index in [0.29, 0.717) is 11.5 Å². The molecule has 0 fully saturated rings. The summed E-state index contributed by atoms with van der Waals surface area (Å²) < 4.78 is 0. The second-order valence-corrected chi connectivity index (χ2v) is 3.93. The Morgan fingerprint density at radius 1 is 1.50 bits per heavy atom. The number of nitrogens with one attached hydrogen (secondary N) is 3. The van der Waals surface area contributed by atoms with Crippen LogP contribution in [0.5, 0.6) is 0 Å². The van der Waals surface area contributed by atoms with Gasteiger partial charge in [-0.25, -0.2) is 4.98 Å². The molecule has 1 amide bonds. The Bertz CT molecular complexity index is 624. The third-order valence-corrected chi connectivity index (χ3v) is 2.70. The van der Waals surface area contributed by atoms with Crippen molar-refractivity contribution in [1.82, 2.24) is 15.3 Å². The zero-order valence-electron chi connectivity index (χ0n) is 10.7. The van der Waals surface area contributed by atoms with Crippen LogP contribution in [0.25, 0.3) is 0 Å². The zero-order valence-corrected chi connectivity index (χ0v) is 10.7. The number of hydrogen-bond acceptors (Lipinski definition) is 5. The summed E-state index contributed by atoms with van der Waals surface area (Å²) in [5, 5.41) is 16.4. The predicted molar refractivity (Wildman–Crippen MR) is 72.4 cm³/mol. The lowest BCUT2D eigenvalue weighted by atomic mass is 10.1. The van der Waals surface area contributed by atoms with Crippen LogP contribution >= 0.6 is 0 Å². The molecule has 1 heterocycles. The molecule has 20 heavy (non-hydrogen) atoms. The van der Waals surface area contributed by atoms with Crippen LogP contribution in [0.1, 0.15) is 16.2 Å². The molecular weight excluding hydrogens is 262 g/mol. The third kappa shape index (κ3) is 2.74. The molecule has 0 aliphatic heterocycles. The number of benzene rings is 1. The van der Waals surface area contributed by atoms with Gasteiger partial charge in [0, 0.05) is 19.4 Å². The summed E-state index contributed by atoms with van der Waals surface area (Å²) in [6.45, 7) is 0.173. The molecule has 1 aromatic carbocycles. The van der Waals surface area contributed by atoms with Crippen molar-refractivity contribution in [2.24, 2.45) is 0 Å². The van der Waals surface area contributed by atoms with Gasteiger partial charge in [-0.2, -0.15) is 0 Å². The van der Waals surface area contributed by atoms with Crippen LogP contribution in [0.4, 0.5) is 11.4 Å². The van der Waals surface area contributed by atoms with Gasteiger partial charge in [-0.15, -0.1) is 0 Å². The lowest BCUT2D eigenvalue weighted by molar-refractivity contribution is -0.384. The molecular formula is C12H13N5O3. The lowest BCUT2D eigenvalue weighted by Gasteiger charge is -2.07. The Labute approximate surface area is 114 Å². The highest BCUT2D eigenvalue weighted by molar-refractivity contribution is 6.00. The summed E-state index contributed by atoms with van der Waals surface area (Å²) in [7, 11) is 1.56. The van der Waals surface area contributed by atoms with Gasteiger partial charge in [-0.05, 0) is 12.1 Å². The maximum absolute atomic E-state index is 12.0. The topological polar surface area (TPSA) is 113 Å². The highest BCUT2D eigenvalue weighted by Gasteiger charge is 2.23. The highest BCUT2D eigenvalue weighted by atomic mass is 16.6. The molecule has 0 radical (unpaired) electrons. The molecule has 0 saturated heterocycles. The van der Waals surface area contributed by atoms with Crippen LogP contribution in [0.15, 0.2) is 30.6 Å². The van der Waals surface area contributed by atoms with E-state index in [1.807, 2.05) is 0 Å². The van der Waals surface area contributed by atoms with E-state index in [9.17, 15) is 14.9 Å². The number of rotatable bonds is 5. The van der Waals surface area contributed by atoms with Crippen LogP contribution < -0.4 is 10.6 Å². The Morgan fingerprint density at radius 2 is 2.30 bits per heavy atom. The molecule has 3 N–H and O–H groups in total. The van der Waals surface area contributed by atoms with Gasteiger partial charge in [0.15, 0.2) is 0 Å². The number of aromatic nitrogens is 2. The fourth-order valence-electron chi connectivity index (χ4n) is 1.78. The van der Waals surface area contributed by atoms with Crippen LogP contribution in [0.3, 0.4) is 0 Å². The molecule has 0 saturated carbocycles. The largest absolute Gasteiger partial charge is 0.383 e. The maximum Gasteiger partial charge on any atom is 0.305 e. The SMILES string of the molecule is CNc1cccc(C(=O)NCc2ncc[nH]2)c1[N+](=O)[O-]. The first-order valence-corrected chi connectivity index (χ1v) is 5.85. The smallest absolute Gasteiger partial charge is 0.305 e. The fraction of sp³-hybridized carbons (Fsp3) is 0.167. The number of nitrogens with zero attached hydrogens (tertiary/aromatic N) is 2. The lowest BCUT2D eigenvalue weighted by Crippen LogP contribution is -2.24. The van der Waals surface area contributed by atoms with E-state index < -0.39 is 10.8 Å². The van der Waals surface area contributed by atoms with Gasteiger partial charge in [0.25, 0.3) is 5.91 Å². The van der Waals surface area contributed by atoms with Gasteiger partial charge in [0.1, 0.15) is 17.1 Å². The van der Waals surface area contributed by atoms with Crippen LogP contribution in [0.2, 0.25) is 0 Å².